The summed E-state index contributed by atoms with van der Waals surface area (Å²) in [5.41, 5.74) is 0.540. The van der Waals surface area contributed by atoms with Crippen LogP contribution in [0.1, 0.15) is 32.1 Å². The van der Waals surface area contributed by atoms with E-state index in [9.17, 15) is 18.0 Å². The summed E-state index contributed by atoms with van der Waals surface area (Å²) in [7, 11) is -1.68. The molecule has 1 aromatic rings. The van der Waals surface area contributed by atoms with Gasteiger partial charge in [0, 0.05) is 24.8 Å². The molecule has 1 atom stereocenters. The van der Waals surface area contributed by atoms with Crippen molar-refractivity contribution in [3.63, 3.8) is 0 Å². The Labute approximate surface area is 166 Å². The summed E-state index contributed by atoms with van der Waals surface area (Å²) in [6.07, 6.45) is 4.92. The number of likely N-dealkylation sites (N-methyl/N-ethyl adjacent to an activating group) is 1. The van der Waals surface area contributed by atoms with Crippen molar-refractivity contribution in [3.05, 3.63) is 24.3 Å². The molecule has 1 heterocycles. The van der Waals surface area contributed by atoms with E-state index in [0.29, 0.717) is 24.8 Å². The van der Waals surface area contributed by atoms with Gasteiger partial charge in [-0.05, 0) is 49.9 Å². The molecule has 8 nitrogen and oxygen atoms in total. The number of hydrogen-bond donors (Lipinski definition) is 3. The first-order valence-electron chi connectivity index (χ1n) is 9.85. The number of anilines is 1. The maximum Gasteiger partial charge on any atom is 0.279 e. The van der Waals surface area contributed by atoms with E-state index in [1.165, 1.54) is 16.4 Å². The number of piperidine rings is 1. The van der Waals surface area contributed by atoms with Gasteiger partial charge in [-0.1, -0.05) is 6.42 Å². The standard InChI is InChI=1S/C19H28N4O4S/c1-22(13-18(24)20-15-5-6-15)14-19(25)21-16-7-9-17(10-8-16)28(26,27)23-11-3-2-4-12-23/h7-10,15H,2-6,11-14H2,1H3,(H,20,24)(H,21,25)/p+1. The molecular formula is C19H29N4O4S+. The normalized spacial score (nSPS) is 19.0. The second kappa shape index (κ2) is 9.02. The summed E-state index contributed by atoms with van der Waals surface area (Å²) in [6.45, 7) is 1.53. The molecule has 1 saturated carbocycles. The molecule has 0 radical (unpaired) electrons. The predicted octanol–water partition coefficient (Wildman–Crippen LogP) is -0.407. The van der Waals surface area contributed by atoms with E-state index in [0.717, 1.165) is 37.0 Å². The van der Waals surface area contributed by atoms with Crippen molar-refractivity contribution in [1.82, 2.24) is 9.62 Å². The lowest BCUT2D eigenvalue weighted by Gasteiger charge is -2.25. The molecule has 0 bridgehead atoms. The van der Waals surface area contributed by atoms with E-state index in [-0.39, 0.29) is 29.8 Å². The average molecular weight is 410 g/mol. The van der Waals surface area contributed by atoms with Gasteiger partial charge in [-0.25, -0.2) is 8.42 Å². The Kier molecular flexibility index (Phi) is 6.69. The molecule has 1 unspecified atom stereocenters. The molecule has 1 aromatic carbocycles. The lowest BCUT2D eigenvalue weighted by Crippen LogP contribution is -3.11. The second-order valence-corrected chi connectivity index (χ2v) is 9.63. The smallest absolute Gasteiger partial charge is 0.279 e. The van der Waals surface area contributed by atoms with Crippen molar-refractivity contribution >= 4 is 27.5 Å². The fraction of sp³-hybridized carbons (Fsp3) is 0.579. The van der Waals surface area contributed by atoms with Crippen LogP contribution in [0.25, 0.3) is 0 Å². The lowest BCUT2D eigenvalue weighted by molar-refractivity contribution is -0.862. The molecular weight excluding hydrogens is 380 g/mol. The monoisotopic (exact) mass is 409 g/mol. The fourth-order valence-corrected chi connectivity index (χ4v) is 4.80. The van der Waals surface area contributed by atoms with Gasteiger partial charge in [-0.2, -0.15) is 4.31 Å². The van der Waals surface area contributed by atoms with Crippen molar-refractivity contribution < 1.29 is 22.9 Å². The summed E-state index contributed by atoms with van der Waals surface area (Å²) >= 11 is 0. The van der Waals surface area contributed by atoms with Crippen molar-refractivity contribution in [2.75, 3.05) is 38.5 Å². The van der Waals surface area contributed by atoms with E-state index in [4.69, 9.17) is 0 Å². The average Bonchev–Trinajstić information content (AvgIpc) is 3.46. The van der Waals surface area contributed by atoms with E-state index in [2.05, 4.69) is 10.6 Å². The van der Waals surface area contributed by atoms with Gasteiger partial charge in [-0.3, -0.25) is 9.59 Å². The molecule has 2 aliphatic rings. The van der Waals surface area contributed by atoms with Crippen LogP contribution >= 0.6 is 0 Å². The molecule has 1 saturated heterocycles. The van der Waals surface area contributed by atoms with Gasteiger partial charge < -0.3 is 15.5 Å². The number of benzene rings is 1. The van der Waals surface area contributed by atoms with Gasteiger partial charge in [0.05, 0.1) is 11.9 Å². The number of carbonyl (C=O) groups excluding carboxylic acids is 2. The molecule has 1 aliphatic carbocycles. The second-order valence-electron chi connectivity index (χ2n) is 7.69. The van der Waals surface area contributed by atoms with E-state index in [1.807, 2.05) is 0 Å². The summed E-state index contributed by atoms with van der Waals surface area (Å²) in [5.74, 6) is -0.261. The molecule has 2 fully saturated rings. The SMILES string of the molecule is C[NH+](CC(=O)Nc1ccc(S(=O)(=O)N2CCCCC2)cc1)CC(=O)NC1CC1. The zero-order valence-electron chi connectivity index (χ0n) is 16.2. The minimum atomic E-state index is -3.47. The molecule has 154 valence electrons. The number of amides is 2. The molecule has 9 heteroatoms. The van der Waals surface area contributed by atoms with Crippen LogP contribution in [0.3, 0.4) is 0 Å². The summed E-state index contributed by atoms with van der Waals surface area (Å²) in [4.78, 5) is 25.0. The van der Waals surface area contributed by atoms with Crippen LogP contribution in [-0.4, -0.2) is 63.8 Å². The number of hydrogen-bond acceptors (Lipinski definition) is 4. The largest absolute Gasteiger partial charge is 0.348 e. The van der Waals surface area contributed by atoms with Crippen molar-refractivity contribution in [3.8, 4) is 0 Å². The maximum absolute atomic E-state index is 12.6. The zero-order chi connectivity index (χ0) is 20.1. The van der Waals surface area contributed by atoms with Crippen LogP contribution in [0.2, 0.25) is 0 Å². The first kappa shape index (κ1) is 20.8. The van der Waals surface area contributed by atoms with E-state index in [1.54, 1.807) is 19.2 Å². The number of carbonyl (C=O) groups is 2. The minimum Gasteiger partial charge on any atom is -0.348 e. The Morgan fingerprint density at radius 2 is 1.64 bits per heavy atom. The Bertz CT molecular complexity index is 800. The van der Waals surface area contributed by atoms with Gasteiger partial charge in [0.1, 0.15) is 0 Å². The molecule has 2 amide bonds. The van der Waals surface area contributed by atoms with Crippen LogP contribution in [0, 0.1) is 0 Å². The van der Waals surface area contributed by atoms with Gasteiger partial charge in [0.25, 0.3) is 11.8 Å². The Balaban J connectivity index is 1.50. The van der Waals surface area contributed by atoms with E-state index < -0.39 is 10.0 Å². The number of nitrogens with zero attached hydrogens (tertiary/aromatic N) is 1. The highest BCUT2D eigenvalue weighted by molar-refractivity contribution is 7.89. The summed E-state index contributed by atoms with van der Waals surface area (Å²) in [6, 6.07) is 6.57. The molecule has 28 heavy (non-hydrogen) atoms. The maximum atomic E-state index is 12.6. The first-order chi connectivity index (χ1) is 13.3. The summed E-state index contributed by atoms with van der Waals surface area (Å²) < 4.78 is 26.8. The third-order valence-corrected chi connectivity index (χ3v) is 6.87. The first-order valence-corrected chi connectivity index (χ1v) is 11.3. The Hall–Kier alpha value is -1.97. The molecule has 0 spiro atoms. The highest BCUT2D eigenvalue weighted by Crippen LogP contribution is 2.22. The fourth-order valence-electron chi connectivity index (χ4n) is 3.29. The topological polar surface area (TPSA) is 100 Å². The number of quaternary nitrogens is 1. The van der Waals surface area contributed by atoms with Gasteiger partial charge in [0.15, 0.2) is 13.1 Å². The van der Waals surface area contributed by atoms with Crippen LogP contribution < -0.4 is 15.5 Å². The Morgan fingerprint density at radius 3 is 2.25 bits per heavy atom. The van der Waals surface area contributed by atoms with Crippen molar-refractivity contribution in [1.29, 1.82) is 0 Å². The summed E-state index contributed by atoms with van der Waals surface area (Å²) in [5, 5.41) is 5.66. The highest BCUT2D eigenvalue weighted by atomic mass is 32.2. The number of sulfonamides is 1. The molecule has 3 N–H and O–H groups in total. The third kappa shape index (κ3) is 5.76. The third-order valence-electron chi connectivity index (χ3n) is 4.96. The van der Waals surface area contributed by atoms with Crippen LogP contribution in [0.4, 0.5) is 5.69 Å². The molecule has 0 aromatic heterocycles. The molecule has 1 aliphatic heterocycles. The van der Waals surface area contributed by atoms with Gasteiger partial charge in [0.2, 0.25) is 10.0 Å². The predicted molar refractivity (Wildman–Crippen MR) is 105 cm³/mol. The van der Waals surface area contributed by atoms with Crippen LogP contribution in [0.15, 0.2) is 29.2 Å². The minimum absolute atomic E-state index is 0.0416. The quantitative estimate of drug-likeness (QED) is 0.544. The van der Waals surface area contributed by atoms with E-state index >= 15 is 0 Å². The van der Waals surface area contributed by atoms with Crippen LogP contribution in [0.5, 0.6) is 0 Å². The highest BCUT2D eigenvalue weighted by Gasteiger charge is 2.26. The molecule has 3 rings (SSSR count). The van der Waals surface area contributed by atoms with Gasteiger partial charge in [-0.15, -0.1) is 0 Å². The van der Waals surface area contributed by atoms with Crippen molar-refractivity contribution in [2.24, 2.45) is 0 Å². The lowest BCUT2D eigenvalue weighted by atomic mass is 10.2. The number of nitrogens with one attached hydrogen (secondary N) is 3. The number of rotatable bonds is 8. The van der Waals surface area contributed by atoms with Crippen molar-refractivity contribution in [2.45, 2.75) is 43.0 Å². The zero-order valence-corrected chi connectivity index (χ0v) is 17.1. The van der Waals surface area contributed by atoms with Crippen LogP contribution in [-0.2, 0) is 19.6 Å². The Morgan fingerprint density at radius 1 is 1.04 bits per heavy atom. The van der Waals surface area contributed by atoms with Gasteiger partial charge >= 0.3 is 0 Å².